The number of hydrogen-bond donors (Lipinski definition) is 2. The van der Waals surface area contributed by atoms with E-state index >= 15 is 4.39 Å². The Kier molecular flexibility index (Phi) is 12.1. The number of aliphatic hydroxyl groups is 1. The van der Waals surface area contributed by atoms with Crippen molar-refractivity contribution in [3.63, 3.8) is 0 Å². The van der Waals surface area contributed by atoms with Crippen LogP contribution in [0.5, 0.6) is 5.75 Å². The van der Waals surface area contributed by atoms with Crippen LogP contribution >= 0.6 is 0 Å². The molecule has 6 nitrogen and oxygen atoms in total. The predicted octanol–water partition coefficient (Wildman–Crippen LogP) is 5.27. The van der Waals surface area contributed by atoms with Crippen LogP contribution < -0.4 is 10.1 Å². The molecule has 0 unspecified atom stereocenters. The number of amides is 1. The van der Waals surface area contributed by atoms with E-state index < -0.39 is 11.4 Å². The molecule has 0 bridgehead atoms. The van der Waals surface area contributed by atoms with E-state index in [4.69, 9.17) is 9.47 Å². The highest BCUT2D eigenvalue weighted by Crippen LogP contribution is 2.44. The molecule has 1 saturated heterocycles. The van der Waals surface area contributed by atoms with Crippen molar-refractivity contribution in [3.05, 3.63) is 29.6 Å². The lowest BCUT2D eigenvalue weighted by molar-refractivity contribution is -0.138. The number of methoxy groups -OCH3 is 2. The Labute approximate surface area is 223 Å². The molecular weight excluding hydrogens is 471 g/mol. The summed E-state index contributed by atoms with van der Waals surface area (Å²) >= 11 is 0. The van der Waals surface area contributed by atoms with Gasteiger partial charge in [0.05, 0.1) is 12.7 Å². The van der Waals surface area contributed by atoms with Crippen molar-refractivity contribution in [1.29, 1.82) is 0 Å². The van der Waals surface area contributed by atoms with E-state index in [2.05, 4.69) is 5.32 Å². The molecule has 0 radical (unpaired) electrons. The fourth-order valence-electron chi connectivity index (χ4n) is 6.66. The molecule has 2 fully saturated rings. The van der Waals surface area contributed by atoms with Crippen LogP contribution in [0.2, 0.25) is 0 Å². The van der Waals surface area contributed by atoms with Crippen LogP contribution in [0, 0.1) is 23.6 Å². The van der Waals surface area contributed by atoms with Crippen molar-refractivity contribution in [2.45, 2.75) is 82.7 Å². The van der Waals surface area contributed by atoms with Gasteiger partial charge in [0, 0.05) is 39.1 Å². The maximum Gasteiger partial charge on any atom is 0.222 e. The molecule has 37 heavy (non-hydrogen) atoms. The average molecular weight is 521 g/mol. The molecule has 3 atom stereocenters. The van der Waals surface area contributed by atoms with Crippen LogP contribution in [0.3, 0.4) is 0 Å². The standard InChI is InChI=1S/C30H49FN2O4/c1-32-21-24(19-23-11-5-4-6-12-23)20-28(34)33-17-10-13-25(22-33)30(35,16-7-8-18-36-2)29-26(31)14-9-15-27(29)37-3/h9,14-15,23-25,32,35H,4-8,10-13,16-22H2,1-3H3/t24-,25-,30+/m1/s1. The van der Waals surface area contributed by atoms with Crippen LogP contribution in [0.15, 0.2) is 18.2 Å². The third-order valence-electron chi connectivity index (χ3n) is 8.58. The largest absolute Gasteiger partial charge is 0.496 e. The second-order valence-corrected chi connectivity index (χ2v) is 11.2. The summed E-state index contributed by atoms with van der Waals surface area (Å²) in [7, 11) is 5.13. The second-order valence-electron chi connectivity index (χ2n) is 11.2. The van der Waals surface area contributed by atoms with Gasteiger partial charge in [-0.05, 0) is 76.1 Å². The quantitative estimate of drug-likeness (QED) is 0.327. The zero-order valence-electron chi connectivity index (χ0n) is 23.3. The second kappa shape index (κ2) is 15.0. The van der Waals surface area contributed by atoms with E-state index in [1.165, 1.54) is 45.3 Å². The first-order valence-corrected chi connectivity index (χ1v) is 14.4. The zero-order valence-corrected chi connectivity index (χ0v) is 23.3. The Morgan fingerprint density at radius 2 is 1.97 bits per heavy atom. The Hall–Kier alpha value is -1.70. The number of carbonyl (C=O) groups is 1. The molecule has 210 valence electrons. The van der Waals surface area contributed by atoms with Gasteiger partial charge in [0.2, 0.25) is 5.91 Å². The number of carbonyl (C=O) groups excluding carboxylic acids is 1. The van der Waals surface area contributed by atoms with Crippen LogP contribution in [0.1, 0.15) is 82.6 Å². The predicted molar refractivity (Wildman–Crippen MR) is 145 cm³/mol. The topological polar surface area (TPSA) is 71.0 Å². The highest BCUT2D eigenvalue weighted by atomic mass is 19.1. The summed E-state index contributed by atoms with van der Waals surface area (Å²) in [6, 6.07) is 4.70. The van der Waals surface area contributed by atoms with Gasteiger partial charge in [-0.2, -0.15) is 0 Å². The number of likely N-dealkylation sites (tertiary alicyclic amines) is 1. The smallest absolute Gasteiger partial charge is 0.222 e. The number of unbranched alkanes of at least 4 members (excludes halogenated alkanes) is 1. The Bertz CT molecular complexity index is 832. The van der Waals surface area contributed by atoms with Crippen LogP contribution in [-0.4, -0.2) is 63.4 Å². The third-order valence-corrected chi connectivity index (χ3v) is 8.58. The molecule has 2 aliphatic rings. The minimum Gasteiger partial charge on any atom is -0.496 e. The van der Waals surface area contributed by atoms with Crippen molar-refractivity contribution in [2.75, 3.05) is 47.5 Å². The monoisotopic (exact) mass is 520 g/mol. The minimum atomic E-state index is -1.42. The summed E-state index contributed by atoms with van der Waals surface area (Å²) in [5.41, 5.74) is -1.20. The molecule has 7 heteroatoms. The number of ether oxygens (including phenoxy) is 2. The highest BCUT2D eigenvalue weighted by molar-refractivity contribution is 5.76. The van der Waals surface area contributed by atoms with Gasteiger partial charge in [-0.1, -0.05) is 38.2 Å². The molecule has 1 heterocycles. The summed E-state index contributed by atoms with van der Waals surface area (Å²) in [6.07, 6.45) is 11.5. The first-order valence-electron chi connectivity index (χ1n) is 14.4. The summed E-state index contributed by atoms with van der Waals surface area (Å²) < 4.78 is 25.9. The molecule has 0 aromatic heterocycles. The summed E-state index contributed by atoms with van der Waals surface area (Å²) in [5, 5.41) is 15.5. The van der Waals surface area contributed by atoms with Gasteiger partial charge in [0.25, 0.3) is 0 Å². The van der Waals surface area contributed by atoms with Gasteiger partial charge in [0.15, 0.2) is 0 Å². The summed E-state index contributed by atoms with van der Waals surface area (Å²) in [6.45, 7) is 2.56. The van der Waals surface area contributed by atoms with Gasteiger partial charge in [-0.3, -0.25) is 4.79 Å². The molecule has 1 aromatic carbocycles. The van der Waals surface area contributed by atoms with Crippen molar-refractivity contribution in [1.82, 2.24) is 10.2 Å². The minimum absolute atomic E-state index is 0.156. The highest BCUT2D eigenvalue weighted by Gasteiger charge is 2.44. The van der Waals surface area contributed by atoms with Gasteiger partial charge >= 0.3 is 0 Å². The molecule has 1 saturated carbocycles. The maximum absolute atomic E-state index is 15.2. The molecule has 1 aliphatic heterocycles. The Balaban J connectivity index is 1.75. The van der Waals surface area contributed by atoms with E-state index in [1.807, 2.05) is 11.9 Å². The normalized spacial score (nSPS) is 21.4. The lowest BCUT2D eigenvalue weighted by Gasteiger charge is -2.43. The number of nitrogens with zero attached hydrogens (tertiary/aromatic N) is 1. The lowest BCUT2D eigenvalue weighted by atomic mass is 9.73. The van der Waals surface area contributed by atoms with E-state index in [9.17, 15) is 9.90 Å². The van der Waals surface area contributed by atoms with Gasteiger partial charge in [0.1, 0.15) is 17.2 Å². The summed E-state index contributed by atoms with van der Waals surface area (Å²) in [5.74, 6) is 0.834. The van der Waals surface area contributed by atoms with Crippen LogP contribution in [0.4, 0.5) is 4.39 Å². The molecule has 2 N–H and O–H groups in total. The van der Waals surface area contributed by atoms with Gasteiger partial charge in [-0.15, -0.1) is 0 Å². The van der Waals surface area contributed by atoms with Crippen molar-refractivity contribution < 1.29 is 23.8 Å². The van der Waals surface area contributed by atoms with Crippen molar-refractivity contribution in [2.24, 2.45) is 17.8 Å². The molecule has 1 amide bonds. The van der Waals surface area contributed by atoms with Gasteiger partial charge < -0.3 is 24.8 Å². The number of nitrogens with one attached hydrogen (secondary N) is 1. The molecule has 1 aliphatic carbocycles. The molecule has 3 rings (SSSR count). The van der Waals surface area contributed by atoms with E-state index in [1.54, 1.807) is 19.2 Å². The summed E-state index contributed by atoms with van der Waals surface area (Å²) in [4.78, 5) is 15.4. The lowest BCUT2D eigenvalue weighted by Crippen LogP contribution is -2.49. The molecular formula is C30H49FN2O4. The Morgan fingerprint density at radius 1 is 1.19 bits per heavy atom. The fraction of sp³-hybridized carbons (Fsp3) is 0.767. The first kappa shape index (κ1) is 29.9. The van der Waals surface area contributed by atoms with Gasteiger partial charge in [-0.25, -0.2) is 4.39 Å². The van der Waals surface area contributed by atoms with Crippen LogP contribution in [0.25, 0.3) is 0 Å². The van der Waals surface area contributed by atoms with Crippen LogP contribution in [-0.2, 0) is 15.1 Å². The first-order chi connectivity index (χ1) is 17.9. The SMILES string of the molecule is CNC[C@@H](CC(=O)N1CCC[C@@H]([C@@](O)(CCCCOC)c2c(F)cccc2OC)C1)CC1CCCCC1. The number of halogens is 1. The van der Waals surface area contributed by atoms with E-state index in [-0.39, 0.29) is 17.4 Å². The number of benzene rings is 1. The molecule has 0 spiro atoms. The fourth-order valence-corrected chi connectivity index (χ4v) is 6.66. The average Bonchev–Trinajstić information content (AvgIpc) is 2.91. The zero-order chi connectivity index (χ0) is 26.7. The van der Waals surface area contributed by atoms with Crippen molar-refractivity contribution in [3.8, 4) is 5.75 Å². The van der Waals surface area contributed by atoms with E-state index in [0.717, 1.165) is 38.1 Å². The maximum atomic E-state index is 15.2. The number of hydrogen-bond acceptors (Lipinski definition) is 5. The molecule has 1 aromatic rings. The Morgan fingerprint density at radius 3 is 2.68 bits per heavy atom. The third kappa shape index (κ3) is 8.14. The van der Waals surface area contributed by atoms with Crippen molar-refractivity contribution >= 4 is 5.91 Å². The number of piperidine rings is 1. The van der Waals surface area contributed by atoms with E-state index in [0.29, 0.717) is 50.6 Å². The number of rotatable bonds is 14.